The number of fused-ring (bicyclic) bond motifs is 1. The van der Waals surface area contributed by atoms with Crippen LogP contribution in [0.25, 0.3) is 6.08 Å². The summed E-state index contributed by atoms with van der Waals surface area (Å²) in [6.45, 7) is 5.51. The molecule has 23 heavy (non-hydrogen) atoms. The molecule has 1 aromatic carbocycles. The molecule has 5 nitrogen and oxygen atoms in total. The second-order valence-corrected chi connectivity index (χ2v) is 6.79. The van der Waals surface area contributed by atoms with Gasteiger partial charge >= 0.3 is 12.1 Å². The number of carbonyl (C=O) groups excluding carboxylic acids is 1. The number of hydrogen-bond donors (Lipinski definition) is 2. The highest BCUT2D eigenvalue weighted by Crippen LogP contribution is 2.23. The Kier molecular flexibility index (Phi) is 5.08. The lowest BCUT2D eigenvalue weighted by atomic mass is 9.87. The Morgan fingerprint density at radius 2 is 2.04 bits per heavy atom. The Hall–Kier alpha value is -2.30. The Morgan fingerprint density at radius 1 is 1.30 bits per heavy atom. The van der Waals surface area contributed by atoms with Crippen LogP contribution in [-0.2, 0) is 22.4 Å². The number of alkyl carbamates (subject to hydrolysis) is 1. The maximum Gasteiger partial charge on any atom is 0.407 e. The summed E-state index contributed by atoms with van der Waals surface area (Å²) in [5.74, 6) is -0.966. The molecule has 1 atom stereocenters. The number of rotatable bonds is 3. The van der Waals surface area contributed by atoms with Gasteiger partial charge in [-0.3, -0.25) is 0 Å². The Balaban J connectivity index is 2.03. The number of aryl methyl sites for hydroxylation is 1. The van der Waals surface area contributed by atoms with Gasteiger partial charge in [-0.05, 0) is 62.8 Å². The first kappa shape index (κ1) is 17.1. The number of aliphatic carboxylic acids is 1. The fourth-order valence-corrected chi connectivity index (χ4v) is 2.65. The number of nitrogens with one attached hydrogen (secondary N) is 1. The van der Waals surface area contributed by atoms with Crippen molar-refractivity contribution in [2.24, 2.45) is 0 Å². The highest BCUT2D eigenvalue weighted by atomic mass is 16.6. The van der Waals surface area contributed by atoms with E-state index < -0.39 is 17.7 Å². The minimum atomic E-state index is -0.966. The zero-order valence-electron chi connectivity index (χ0n) is 13.8. The van der Waals surface area contributed by atoms with Crippen LogP contribution in [0.5, 0.6) is 0 Å². The summed E-state index contributed by atoms with van der Waals surface area (Å²) in [7, 11) is 0. The summed E-state index contributed by atoms with van der Waals surface area (Å²) < 4.78 is 5.29. The Labute approximate surface area is 136 Å². The number of amides is 1. The second kappa shape index (κ2) is 6.86. The standard InChI is InChI=1S/C18H23NO4/c1-18(2,3)23-17(22)19-15-8-7-13-6-4-12(5-9-16(20)21)10-14(13)11-15/h4-6,9-10,15H,7-8,11H2,1-3H3,(H,19,22)(H,20,21). The average Bonchev–Trinajstić information content (AvgIpc) is 2.42. The average molecular weight is 317 g/mol. The summed E-state index contributed by atoms with van der Waals surface area (Å²) in [6, 6.07) is 5.97. The minimum absolute atomic E-state index is 0.0380. The number of carbonyl (C=O) groups is 2. The number of hydrogen-bond acceptors (Lipinski definition) is 3. The lowest BCUT2D eigenvalue weighted by Gasteiger charge is -2.27. The van der Waals surface area contributed by atoms with Crippen molar-refractivity contribution in [3.05, 3.63) is 41.0 Å². The predicted molar refractivity (Wildman–Crippen MR) is 88.3 cm³/mol. The van der Waals surface area contributed by atoms with Gasteiger partial charge in [-0.15, -0.1) is 0 Å². The van der Waals surface area contributed by atoms with Crippen LogP contribution in [0.1, 0.15) is 43.9 Å². The summed E-state index contributed by atoms with van der Waals surface area (Å²) in [6.07, 6.45) is 4.79. The van der Waals surface area contributed by atoms with Crippen molar-refractivity contribution in [3.63, 3.8) is 0 Å². The third-order valence-electron chi connectivity index (χ3n) is 3.60. The summed E-state index contributed by atoms with van der Waals surface area (Å²) in [5.41, 5.74) is 2.74. The maximum absolute atomic E-state index is 11.9. The van der Waals surface area contributed by atoms with Gasteiger partial charge in [0.15, 0.2) is 0 Å². The molecule has 0 heterocycles. The molecule has 2 rings (SSSR count). The molecule has 1 aliphatic carbocycles. The lowest BCUT2D eigenvalue weighted by molar-refractivity contribution is -0.131. The van der Waals surface area contributed by atoms with E-state index in [1.54, 1.807) is 6.08 Å². The molecule has 124 valence electrons. The van der Waals surface area contributed by atoms with Gasteiger partial charge in [0, 0.05) is 12.1 Å². The monoisotopic (exact) mass is 317 g/mol. The number of carboxylic acids is 1. The number of ether oxygens (including phenoxy) is 1. The van der Waals surface area contributed by atoms with Crippen LogP contribution in [0, 0.1) is 0 Å². The SMILES string of the molecule is CC(C)(C)OC(=O)NC1CCc2ccc(C=CC(=O)O)cc2C1. The van der Waals surface area contributed by atoms with Gasteiger partial charge in [0.2, 0.25) is 0 Å². The summed E-state index contributed by atoms with van der Waals surface area (Å²) >= 11 is 0. The minimum Gasteiger partial charge on any atom is -0.478 e. The molecule has 5 heteroatoms. The number of carboxylic acid groups (broad SMARTS) is 1. The van der Waals surface area contributed by atoms with Gasteiger partial charge < -0.3 is 15.2 Å². The fourth-order valence-electron chi connectivity index (χ4n) is 2.65. The van der Waals surface area contributed by atoms with E-state index in [0.717, 1.165) is 36.5 Å². The molecule has 0 aliphatic heterocycles. The van der Waals surface area contributed by atoms with E-state index in [-0.39, 0.29) is 6.04 Å². The third-order valence-corrected chi connectivity index (χ3v) is 3.60. The molecule has 2 N–H and O–H groups in total. The highest BCUT2D eigenvalue weighted by molar-refractivity contribution is 5.85. The zero-order chi connectivity index (χ0) is 17.0. The van der Waals surface area contributed by atoms with Gasteiger partial charge in [-0.2, -0.15) is 0 Å². The molecule has 0 saturated heterocycles. The molecule has 1 amide bonds. The van der Waals surface area contributed by atoms with E-state index in [1.165, 1.54) is 5.56 Å². The molecule has 1 aliphatic rings. The lowest BCUT2D eigenvalue weighted by Crippen LogP contribution is -2.41. The molecular formula is C18H23NO4. The van der Waals surface area contributed by atoms with Crippen molar-refractivity contribution in [1.29, 1.82) is 0 Å². The van der Waals surface area contributed by atoms with Crippen molar-refractivity contribution in [1.82, 2.24) is 5.32 Å². The van der Waals surface area contributed by atoms with Crippen molar-refractivity contribution in [3.8, 4) is 0 Å². The molecule has 1 aromatic rings. The Bertz CT molecular complexity index is 628. The molecule has 0 fully saturated rings. The van der Waals surface area contributed by atoms with Gasteiger partial charge in [-0.1, -0.05) is 18.2 Å². The van der Waals surface area contributed by atoms with Gasteiger partial charge in [-0.25, -0.2) is 9.59 Å². The van der Waals surface area contributed by atoms with Gasteiger partial charge in [0.25, 0.3) is 0 Å². The van der Waals surface area contributed by atoms with Gasteiger partial charge in [0.1, 0.15) is 5.60 Å². The van der Waals surface area contributed by atoms with Gasteiger partial charge in [0.05, 0.1) is 0 Å². The maximum atomic E-state index is 11.9. The first-order chi connectivity index (χ1) is 10.7. The Morgan fingerprint density at radius 3 is 2.70 bits per heavy atom. The van der Waals surface area contributed by atoms with Crippen LogP contribution >= 0.6 is 0 Å². The summed E-state index contributed by atoms with van der Waals surface area (Å²) in [5, 5.41) is 11.6. The molecular weight excluding hydrogens is 294 g/mol. The zero-order valence-corrected chi connectivity index (χ0v) is 13.8. The van der Waals surface area contributed by atoms with Crippen LogP contribution in [-0.4, -0.2) is 28.8 Å². The van der Waals surface area contributed by atoms with E-state index >= 15 is 0 Å². The second-order valence-electron chi connectivity index (χ2n) is 6.79. The van der Waals surface area contributed by atoms with Crippen molar-refractivity contribution in [2.75, 3.05) is 0 Å². The molecule has 0 bridgehead atoms. The summed E-state index contributed by atoms with van der Waals surface area (Å²) in [4.78, 5) is 22.5. The van der Waals surface area contributed by atoms with Crippen LogP contribution in [0.15, 0.2) is 24.3 Å². The van der Waals surface area contributed by atoms with E-state index in [9.17, 15) is 9.59 Å². The topological polar surface area (TPSA) is 75.6 Å². The molecule has 0 radical (unpaired) electrons. The third kappa shape index (κ3) is 5.43. The van der Waals surface area contributed by atoms with Crippen LogP contribution in [0.3, 0.4) is 0 Å². The van der Waals surface area contributed by atoms with E-state index in [4.69, 9.17) is 9.84 Å². The molecule has 0 saturated carbocycles. The van der Waals surface area contributed by atoms with Crippen LogP contribution in [0.2, 0.25) is 0 Å². The van der Waals surface area contributed by atoms with Crippen LogP contribution in [0.4, 0.5) is 4.79 Å². The molecule has 0 aromatic heterocycles. The molecule has 0 spiro atoms. The smallest absolute Gasteiger partial charge is 0.407 e. The van der Waals surface area contributed by atoms with Crippen molar-refractivity contribution < 1.29 is 19.4 Å². The quantitative estimate of drug-likeness (QED) is 0.840. The highest BCUT2D eigenvalue weighted by Gasteiger charge is 2.23. The molecule has 1 unspecified atom stereocenters. The van der Waals surface area contributed by atoms with Crippen molar-refractivity contribution in [2.45, 2.75) is 51.7 Å². The largest absolute Gasteiger partial charge is 0.478 e. The van der Waals surface area contributed by atoms with E-state index in [2.05, 4.69) is 5.32 Å². The fraction of sp³-hybridized carbons (Fsp3) is 0.444. The van der Waals surface area contributed by atoms with E-state index in [0.29, 0.717) is 0 Å². The van der Waals surface area contributed by atoms with E-state index in [1.807, 2.05) is 39.0 Å². The first-order valence-corrected chi connectivity index (χ1v) is 7.75. The first-order valence-electron chi connectivity index (χ1n) is 7.75. The number of benzene rings is 1. The van der Waals surface area contributed by atoms with Crippen LogP contribution < -0.4 is 5.32 Å². The normalized spacial score (nSPS) is 17.6. The predicted octanol–water partition coefficient (Wildman–Crippen LogP) is 3.17. The van der Waals surface area contributed by atoms with Crippen molar-refractivity contribution >= 4 is 18.1 Å².